The van der Waals surface area contributed by atoms with Crippen molar-refractivity contribution in [1.29, 1.82) is 5.26 Å². The second-order valence-corrected chi connectivity index (χ2v) is 6.78. The molecular weight excluding hydrogens is 354 g/mol. The maximum Gasteiger partial charge on any atom is 0.316 e. The van der Waals surface area contributed by atoms with Crippen LogP contribution in [0.2, 0.25) is 5.02 Å². The number of nitrogens with zero attached hydrogens (tertiary/aromatic N) is 1. The molecule has 0 saturated heterocycles. The number of esters is 1. The number of hydrogen-bond donors (Lipinski definition) is 0. The van der Waals surface area contributed by atoms with Crippen molar-refractivity contribution in [2.24, 2.45) is 0 Å². The highest BCUT2D eigenvalue weighted by molar-refractivity contribution is 8.00. The van der Waals surface area contributed by atoms with Crippen molar-refractivity contribution < 1.29 is 9.53 Å². The van der Waals surface area contributed by atoms with E-state index in [1.54, 1.807) is 24.3 Å². The van der Waals surface area contributed by atoms with E-state index in [4.69, 9.17) is 21.6 Å². The summed E-state index contributed by atoms with van der Waals surface area (Å²) in [5.41, 5.74) is 1.43. The topological polar surface area (TPSA) is 50.1 Å². The highest BCUT2D eigenvalue weighted by Crippen LogP contribution is 2.33. The molecule has 0 saturated carbocycles. The van der Waals surface area contributed by atoms with E-state index < -0.39 is 0 Å². The first-order valence-corrected chi connectivity index (χ1v) is 8.98. The van der Waals surface area contributed by atoms with Gasteiger partial charge in [-0.05, 0) is 35.2 Å². The Morgan fingerprint density at radius 2 is 1.80 bits per heavy atom. The number of thioether (sulfide) groups is 1. The summed E-state index contributed by atoms with van der Waals surface area (Å²) in [6.45, 7) is 0.196. The van der Waals surface area contributed by atoms with E-state index in [2.05, 4.69) is 6.07 Å². The molecule has 25 heavy (non-hydrogen) atoms. The van der Waals surface area contributed by atoms with Crippen LogP contribution in [0.4, 0.5) is 0 Å². The van der Waals surface area contributed by atoms with Gasteiger partial charge < -0.3 is 4.74 Å². The van der Waals surface area contributed by atoms with Crippen LogP contribution in [0, 0.1) is 11.3 Å². The van der Waals surface area contributed by atoms with Crippen LogP contribution in [0.25, 0.3) is 10.8 Å². The molecule has 3 nitrogen and oxygen atoms in total. The molecule has 5 heteroatoms. The standard InChI is InChI=1S/C20H14ClNO2S/c21-17-5-1-3-16-4-2-6-18(20(16)17)25-13-19(23)24-12-15-9-7-14(11-22)8-10-15/h1-10H,12-13H2. The number of halogens is 1. The first-order valence-electron chi connectivity index (χ1n) is 7.62. The zero-order valence-corrected chi connectivity index (χ0v) is 14.8. The fraction of sp³-hybridized carbons (Fsp3) is 0.100. The quantitative estimate of drug-likeness (QED) is 0.459. The summed E-state index contributed by atoms with van der Waals surface area (Å²) >= 11 is 7.70. The van der Waals surface area contributed by atoms with E-state index in [1.807, 2.05) is 36.4 Å². The van der Waals surface area contributed by atoms with Gasteiger partial charge in [0.05, 0.1) is 17.4 Å². The maximum atomic E-state index is 12.0. The lowest BCUT2D eigenvalue weighted by molar-refractivity contribution is -0.141. The highest BCUT2D eigenvalue weighted by atomic mass is 35.5. The largest absolute Gasteiger partial charge is 0.460 e. The molecule has 0 aliphatic carbocycles. The number of ether oxygens (including phenoxy) is 1. The molecule has 0 bridgehead atoms. The fourth-order valence-corrected chi connectivity index (χ4v) is 3.64. The Balaban J connectivity index is 1.60. The molecule has 3 aromatic rings. The average molecular weight is 368 g/mol. The Bertz CT molecular complexity index is 943. The fourth-order valence-electron chi connectivity index (χ4n) is 2.40. The van der Waals surface area contributed by atoms with Crippen molar-refractivity contribution in [3.63, 3.8) is 0 Å². The number of benzene rings is 3. The smallest absolute Gasteiger partial charge is 0.316 e. The van der Waals surface area contributed by atoms with E-state index in [0.29, 0.717) is 10.6 Å². The van der Waals surface area contributed by atoms with Crippen molar-refractivity contribution in [3.05, 3.63) is 76.8 Å². The summed E-state index contributed by atoms with van der Waals surface area (Å²) in [7, 11) is 0. The van der Waals surface area contributed by atoms with Gasteiger partial charge in [-0.2, -0.15) is 5.26 Å². The van der Waals surface area contributed by atoms with Gasteiger partial charge >= 0.3 is 5.97 Å². The van der Waals surface area contributed by atoms with E-state index in [1.165, 1.54) is 11.8 Å². The lowest BCUT2D eigenvalue weighted by Crippen LogP contribution is -2.07. The molecule has 0 spiro atoms. The maximum absolute atomic E-state index is 12.0. The summed E-state index contributed by atoms with van der Waals surface area (Å²) in [6.07, 6.45) is 0. The molecule has 0 fully saturated rings. The zero-order chi connectivity index (χ0) is 17.6. The molecule has 0 amide bonds. The molecule has 0 aromatic heterocycles. The third kappa shape index (κ3) is 4.33. The van der Waals surface area contributed by atoms with Gasteiger partial charge in [-0.15, -0.1) is 11.8 Å². The highest BCUT2D eigenvalue weighted by Gasteiger charge is 2.09. The van der Waals surface area contributed by atoms with Gasteiger partial charge in [-0.1, -0.05) is 48.0 Å². The average Bonchev–Trinajstić information content (AvgIpc) is 2.65. The molecule has 0 aliphatic rings. The van der Waals surface area contributed by atoms with E-state index >= 15 is 0 Å². The van der Waals surface area contributed by atoms with E-state index in [-0.39, 0.29) is 18.3 Å². The van der Waals surface area contributed by atoms with Gasteiger partial charge in [0.15, 0.2) is 0 Å². The zero-order valence-electron chi connectivity index (χ0n) is 13.2. The van der Waals surface area contributed by atoms with Crippen molar-refractivity contribution in [1.82, 2.24) is 0 Å². The van der Waals surface area contributed by atoms with Crippen LogP contribution in [0.15, 0.2) is 65.6 Å². The molecule has 0 heterocycles. The van der Waals surface area contributed by atoms with Gasteiger partial charge in [0.25, 0.3) is 0 Å². The molecule has 3 aromatic carbocycles. The Kier molecular flexibility index (Phi) is 5.60. The summed E-state index contributed by atoms with van der Waals surface area (Å²) < 4.78 is 5.29. The van der Waals surface area contributed by atoms with Crippen LogP contribution in [0.3, 0.4) is 0 Å². The summed E-state index contributed by atoms with van der Waals surface area (Å²) in [5.74, 6) is -0.0842. The minimum atomic E-state index is -0.293. The van der Waals surface area contributed by atoms with Crippen molar-refractivity contribution in [2.45, 2.75) is 11.5 Å². The second kappa shape index (κ2) is 8.06. The minimum absolute atomic E-state index is 0.196. The van der Waals surface area contributed by atoms with Crippen molar-refractivity contribution >= 4 is 40.1 Å². The Morgan fingerprint density at radius 1 is 1.08 bits per heavy atom. The predicted octanol–water partition coefficient (Wildman–Crippen LogP) is 5.20. The number of nitriles is 1. The van der Waals surface area contributed by atoms with Gasteiger partial charge in [0.1, 0.15) is 6.61 Å². The van der Waals surface area contributed by atoms with Crippen LogP contribution in [-0.2, 0) is 16.1 Å². The number of rotatable bonds is 5. The number of carbonyl (C=O) groups is 1. The first kappa shape index (κ1) is 17.3. The summed E-state index contributed by atoms with van der Waals surface area (Å²) in [4.78, 5) is 13.0. The lowest BCUT2D eigenvalue weighted by atomic mass is 10.1. The van der Waals surface area contributed by atoms with E-state index in [0.717, 1.165) is 21.2 Å². The third-order valence-corrected chi connectivity index (χ3v) is 4.99. The van der Waals surface area contributed by atoms with Crippen LogP contribution >= 0.6 is 23.4 Å². The second-order valence-electron chi connectivity index (χ2n) is 5.35. The number of fused-ring (bicyclic) bond motifs is 1. The van der Waals surface area contributed by atoms with Crippen LogP contribution < -0.4 is 0 Å². The molecule has 3 rings (SSSR count). The van der Waals surface area contributed by atoms with Crippen LogP contribution in [0.5, 0.6) is 0 Å². The number of carbonyl (C=O) groups excluding carboxylic acids is 1. The monoisotopic (exact) mass is 367 g/mol. The first-order chi connectivity index (χ1) is 12.2. The van der Waals surface area contributed by atoms with Gasteiger partial charge in [-0.3, -0.25) is 4.79 Å². The van der Waals surface area contributed by atoms with E-state index in [9.17, 15) is 4.79 Å². The molecule has 0 radical (unpaired) electrons. The van der Waals surface area contributed by atoms with Crippen LogP contribution in [0.1, 0.15) is 11.1 Å². The van der Waals surface area contributed by atoms with Gasteiger partial charge in [-0.25, -0.2) is 0 Å². The molecule has 0 unspecified atom stereocenters. The normalized spacial score (nSPS) is 10.4. The lowest BCUT2D eigenvalue weighted by Gasteiger charge is -2.08. The minimum Gasteiger partial charge on any atom is -0.460 e. The van der Waals surface area contributed by atoms with Gasteiger partial charge in [0.2, 0.25) is 0 Å². The van der Waals surface area contributed by atoms with Crippen molar-refractivity contribution in [3.8, 4) is 6.07 Å². The van der Waals surface area contributed by atoms with Crippen molar-refractivity contribution in [2.75, 3.05) is 5.75 Å². The summed E-state index contributed by atoms with van der Waals surface area (Å²) in [6, 6.07) is 20.7. The molecule has 0 N–H and O–H groups in total. The molecule has 0 aliphatic heterocycles. The Labute approximate surface area is 155 Å². The SMILES string of the molecule is N#Cc1ccc(COC(=O)CSc2cccc3cccc(Cl)c23)cc1. The Hall–Kier alpha value is -2.48. The number of hydrogen-bond acceptors (Lipinski definition) is 4. The van der Waals surface area contributed by atoms with Gasteiger partial charge in [0, 0.05) is 15.3 Å². The van der Waals surface area contributed by atoms with Crippen LogP contribution in [-0.4, -0.2) is 11.7 Å². The molecular formula is C20H14ClNO2S. The third-order valence-electron chi connectivity index (χ3n) is 3.64. The molecule has 0 atom stereocenters. The summed E-state index contributed by atoms with van der Waals surface area (Å²) in [5, 5.41) is 11.4. The Morgan fingerprint density at radius 3 is 2.52 bits per heavy atom. The predicted molar refractivity (Wildman–Crippen MR) is 101 cm³/mol. The molecule has 124 valence electrons.